The van der Waals surface area contributed by atoms with Crippen molar-refractivity contribution in [1.29, 1.82) is 0 Å². The van der Waals surface area contributed by atoms with E-state index in [9.17, 15) is 14.7 Å². The summed E-state index contributed by atoms with van der Waals surface area (Å²) in [7, 11) is 0. The van der Waals surface area contributed by atoms with E-state index >= 15 is 0 Å². The molecular formula is C45H89NO3. The van der Waals surface area contributed by atoms with E-state index in [4.69, 9.17) is 0 Å². The molecule has 0 saturated heterocycles. The third-order valence-corrected chi connectivity index (χ3v) is 10.7. The molecule has 0 heterocycles. The van der Waals surface area contributed by atoms with E-state index in [2.05, 4.69) is 19.2 Å². The van der Waals surface area contributed by atoms with E-state index in [1.807, 2.05) is 0 Å². The van der Waals surface area contributed by atoms with Crippen LogP contribution in [0.4, 0.5) is 0 Å². The lowest BCUT2D eigenvalue weighted by atomic mass is 10.0. The zero-order valence-corrected chi connectivity index (χ0v) is 33.6. The minimum atomic E-state index is -0.0777. The van der Waals surface area contributed by atoms with Crippen molar-refractivity contribution >= 4 is 11.7 Å². The summed E-state index contributed by atoms with van der Waals surface area (Å²) in [5.41, 5.74) is 0. The summed E-state index contributed by atoms with van der Waals surface area (Å²) < 4.78 is 0. The van der Waals surface area contributed by atoms with Crippen molar-refractivity contribution in [2.24, 2.45) is 0 Å². The molecule has 0 rings (SSSR count). The number of hydrogen-bond acceptors (Lipinski definition) is 3. The van der Waals surface area contributed by atoms with Gasteiger partial charge < -0.3 is 10.4 Å². The SMILES string of the molecule is CCCCCCCCCCCCCCCC[C@@H](CO)NC(=O)CCCCCCCCCCC(=O)CCCCCCCCCCCCCCC. The first-order chi connectivity index (χ1) is 24.1. The van der Waals surface area contributed by atoms with Crippen LogP contribution >= 0.6 is 0 Å². The van der Waals surface area contributed by atoms with Crippen molar-refractivity contribution in [3.63, 3.8) is 0 Å². The standard InChI is InChI=1S/C45H89NO3/c1-3-5-7-9-11-13-15-17-19-20-22-26-30-34-38-43(42-47)46-45(49)41-37-33-29-25-24-28-32-36-40-44(48)39-35-31-27-23-21-18-16-14-12-10-8-6-4-2/h43,47H,3-42H2,1-2H3,(H,46,49)/t43-/m0/s1. The van der Waals surface area contributed by atoms with Crippen molar-refractivity contribution in [3.05, 3.63) is 0 Å². The molecule has 49 heavy (non-hydrogen) atoms. The van der Waals surface area contributed by atoms with E-state index < -0.39 is 0 Å². The van der Waals surface area contributed by atoms with Gasteiger partial charge in [-0.2, -0.15) is 0 Å². The molecule has 0 unspecified atom stereocenters. The Morgan fingerprint density at radius 2 is 0.653 bits per heavy atom. The molecule has 0 saturated carbocycles. The Balaban J connectivity index is 3.41. The second-order valence-electron chi connectivity index (χ2n) is 15.7. The largest absolute Gasteiger partial charge is 0.394 e. The molecule has 0 fully saturated rings. The predicted octanol–water partition coefficient (Wildman–Crippen LogP) is 14.3. The number of carbonyl (C=O) groups excluding carboxylic acids is 2. The molecule has 0 aliphatic carbocycles. The van der Waals surface area contributed by atoms with Crippen molar-refractivity contribution in [2.45, 2.75) is 270 Å². The van der Waals surface area contributed by atoms with E-state index in [1.54, 1.807) is 0 Å². The van der Waals surface area contributed by atoms with Crippen LogP contribution in [0.5, 0.6) is 0 Å². The highest BCUT2D eigenvalue weighted by Crippen LogP contribution is 2.16. The molecule has 0 aliphatic heterocycles. The molecule has 1 atom stereocenters. The number of aliphatic hydroxyl groups excluding tert-OH is 1. The van der Waals surface area contributed by atoms with Gasteiger partial charge in [-0.05, 0) is 25.7 Å². The number of hydrogen-bond donors (Lipinski definition) is 2. The van der Waals surface area contributed by atoms with Crippen LogP contribution in [0, 0.1) is 0 Å². The van der Waals surface area contributed by atoms with Crippen LogP contribution < -0.4 is 5.32 Å². The summed E-state index contributed by atoms with van der Waals surface area (Å²) in [6, 6.07) is -0.0777. The Hall–Kier alpha value is -0.900. The average Bonchev–Trinajstić information content (AvgIpc) is 3.10. The maximum Gasteiger partial charge on any atom is 0.220 e. The minimum Gasteiger partial charge on any atom is -0.394 e. The van der Waals surface area contributed by atoms with Crippen molar-refractivity contribution in [1.82, 2.24) is 5.32 Å². The van der Waals surface area contributed by atoms with Crippen LogP contribution in [-0.4, -0.2) is 29.4 Å². The van der Waals surface area contributed by atoms with Gasteiger partial charge in [0.25, 0.3) is 0 Å². The number of carbonyl (C=O) groups is 2. The van der Waals surface area contributed by atoms with Crippen LogP contribution in [0.3, 0.4) is 0 Å². The number of Topliss-reactive ketones (excluding diaryl/α,β-unsaturated/α-hetero) is 1. The molecule has 2 N–H and O–H groups in total. The Labute approximate surface area is 307 Å². The fourth-order valence-corrected chi connectivity index (χ4v) is 7.23. The van der Waals surface area contributed by atoms with Gasteiger partial charge >= 0.3 is 0 Å². The smallest absolute Gasteiger partial charge is 0.220 e. The minimum absolute atomic E-state index is 0.0508. The highest BCUT2D eigenvalue weighted by molar-refractivity contribution is 5.78. The molecule has 0 aliphatic rings. The third-order valence-electron chi connectivity index (χ3n) is 10.7. The summed E-state index contributed by atoms with van der Waals surface area (Å²) in [6.07, 6.45) is 48.7. The molecule has 0 spiro atoms. The lowest BCUT2D eigenvalue weighted by molar-refractivity contribution is -0.122. The highest BCUT2D eigenvalue weighted by atomic mass is 16.3. The number of amides is 1. The van der Waals surface area contributed by atoms with E-state index in [-0.39, 0.29) is 18.6 Å². The molecular weight excluding hydrogens is 602 g/mol. The number of rotatable bonds is 42. The molecule has 0 radical (unpaired) electrons. The summed E-state index contributed by atoms with van der Waals surface area (Å²) in [6.45, 7) is 4.61. The third kappa shape index (κ3) is 39.7. The lowest BCUT2D eigenvalue weighted by Gasteiger charge is -2.16. The van der Waals surface area contributed by atoms with E-state index in [0.29, 0.717) is 12.2 Å². The van der Waals surface area contributed by atoms with Crippen molar-refractivity contribution in [2.75, 3.05) is 6.61 Å². The number of nitrogens with one attached hydrogen (secondary N) is 1. The van der Waals surface area contributed by atoms with Crippen molar-refractivity contribution < 1.29 is 14.7 Å². The Kier molecular flexibility index (Phi) is 40.8. The van der Waals surface area contributed by atoms with Crippen molar-refractivity contribution in [3.8, 4) is 0 Å². The van der Waals surface area contributed by atoms with Gasteiger partial charge in [-0.3, -0.25) is 9.59 Å². The molecule has 0 aromatic heterocycles. The summed E-state index contributed by atoms with van der Waals surface area (Å²) in [4.78, 5) is 24.6. The second kappa shape index (κ2) is 41.5. The van der Waals surface area contributed by atoms with Gasteiger partial charge in [0.15, 0.2) is 0 Å². The first-order valence-electron chi connectivity index (χ1n) is 22.6. The van der Waals surface area contributed by atoms with Gasteiger partial charge in [0.1, 0.15) is 5.78 Å². The number of ketones is 1. The second-order valence-corrected chi connectivity index (χ2v) is 15.7. The van der Waals surface area contributed by atoms with Crippen LogP contribution in [0.1, 0.15) is 264 Å². The molecule has 0 bridgehead atoms. The van der Waals surface area contributed by atoms with Crippen LogP contribution in [-0.2, 0) is 9.59 Å². The molecule has 292 valence electrons. The van der Waals surface area contributed by atoms with Gasteiger partial charge in [-0.1, -0.05) is 219 Å². The monoisotopic (exact) mass is 692 g/mol. The van der Waals surface area contributed by atoms with Crippen LogP contribution in [0.15, 0.2) is 0 Å². The Morgan fingerprint density at radius 1 is 0.388 bits per heavy atom. The van der Waals surface area contributed by atoms with E-state index in [1.165, 1.54) is 193 Å². The fourth-order valence-electron chi connectivity index (χ4n) is 7.23. The van der Waals surface area contributed by atoms with Gasteiger partial charge in [-0.15, -0.1) is 0 Å². The zero-order valence-electron chi connectivity index (χ0n) is 33.6. The van der Waals surface area contributed by atoms with Gasteiger partial charge in [0, 0.05) is 19.3 Å². The highest BCUT2D eigenvalue weighted by Gasteiger charge is 2.11. The molecule has 4 nitrogen and oxygen atoms in total. The molecule has 0 aromatic rings. The van der Waals surface area contributed by atoms with Gasteiger partial charge in [0.2, 0.25) is 5.91 Å². The molecule has 0 aromatic carbocycles. The molecule has 4 heteroatoms. The summed E-state index contributed by atoms with van der Waals surface area (Å²) in [5.74, 6) is 0.581. The normalized spacial score (nSPS) is 12.1. The summed E-state index contributed by atoms with van der Waals surface area (Å²) in [5, 5.41) is 12.8. The lowest BCUT2D eigenvalue weighted by Crippen LogP contribution is -2.37. The maximum absolute atomic E-state index is 12.4. The first-order valence-corrected chi connectivity index (χ1v) is 22.6. The first kappa shape index (κ1) is 48.1. The average molecular weight is 692 g/mol. The van der Waals surface area contributed by atoms with Crippen LogP contribution in [0.25, 0.3) is 0 Å². The number of unbranched alkanes of at least 4 members (excludes halogenated alkanes) is 32. The van der Waals surface area contributed by atoms with Gasteiger partial charge in [0.05, 0.1) is 12.6 Å². The quantitative estimate of drug-likeness (QED) is 0.0626. The Morgan fingerprint density at radius 3 is 0.959 bits per heavy atom. The van der Waals surface area contributed by atoms with Crippen LogP contribution in [0.2, 0.25) is 0 Å². The topological polar surface area (TPSA) is 66.4 Å². The maximum atomic E-state index is 12.4. The van der Waals surface area contributed by atoms with Gasteiger partial charge in [-0.25, -0.2) is 0 Å². The summed E-state index contributed by atoms with van der Waals surface area (Å²) >= 11 is 0. The fraction of sp³-hybridized carbons (Fsp3) is 0.956. The number of aliphatic hydroxyl groups is 1. The zero-order chi connectivity index (χ0) is 35.7. The Bertz CT molecular complexity index is 666. The molecule has 1 amide bonds. The van der Waals surface area contributed by atoms with E-state index in [0.717, 1.165) is 51.4 Å². The predicted molar refractivity (Wildman–Crippen MR) is 215 cm³/mol.